The number of rotatable bonds is 10. The van der Waals surface area contributed by atoms with Crippen molar-refractivity contribution in [1.82, 2.24) is 0 Å². The van der Waals surface area contributed by atoms with E-state index in [1.54, 1.807) is 7.11 Å². The predicted molar refractivity (Wildman–Crippen MR) is 80.4 cm³/mol. The normalized spacial score (nSPS) is 11.1. The molecule has 6 nitrogen and oxygen atoms in total. The van der Waals surface area contributed by atoms with E-state index in [9.17, 15) is 4.79 Å². The van der Waals surface area contributed by atoms with Crippen LogP contribution in [0.5, 0.6) is 5.75 Å². The molecule has 0 saturated heterocycles. The van der Waals surface area contributed by atoms with Crippen molar-refractivity contribution in [3.63, 3.8) is 0 Å². The zero-order chi connectivity index (χ0) is 16.2. The van der Waals surface area contributed by atoms with Crippen molar-refractivity contribution < 1.29 is 28.8 Å². The Kier molecular flexibility index (Phi) is 8.71. The lowest BCUT2D eigenvalue weighted by atomic mass is 10.2. The van der Waals surface area contributed by atoms with Gasteiger partial charge in [0.2, 0.25) is 0 Å². The lowest BCUT2D eigenvalue weighted by molar-refractivity contribution is -0.135. The number of hydrogen-bond acceptors (Lipinski definition) is 6. The van der Waals surface area contributed by atoms with E-state index in [0.717, 1.165) is 11.3 Å². The summed E-state index contributed by atoms with van der Waals surface area (Å²) in [6.45, 7) is 0.863. The molecule has 0 aliphatic rings. The number of hydrogen-bond donors (Lipinski definition) is 1. The van der Waals surface area contributed by atoms with E-state index in [4.69, 9.17) is 19.3 Å². The van der Waals surface area contributed by atoms with E-state index in [0.29, 0.717) is 25.4 Å². The van der Waals surface area contributed by atoms with Gasteiger partial charge in [-0.05, 0) is 17.7 Å². The van der Waals surface area contributed by atoms with Gasteiger partial charge in [-0.15, -0.1) is 0 Å². The monoisotopic (exact) mass is 310 g/mol. The first-order valence-electron chi connectivity index (χ1n) is 6.92. The number of carbonyl (C=O) groups excluding carboxylic acids is 1. The van der Waals surface area contributed by atoms with Gasteiger partial charge >= 0.3 is 5.97 Å². The second kappa shape index (κ2) is 10.6. The van der Waals surface area contributed by atoms with Crippen molar-refractivity contribution in [1.29, 1.82) is 0 Å². The molecule has 1 rings (SSSR count). The summed E-state index contributed by atoms with van der Waals surface area (Å²) in [6.07, 6.45) is 1.72. The van der Waals surface area contributed by atoms with E-state index in [1.807, 2.05) is 24.3 Å². The Hall–Kier alpha value is -2.05. The summed E-state index contributed by atoms with van der Waals surface area (Å²) < 4.78 is 20.6. The standard InChI is InChI=1S/C16H22O6/c1-19-14-6-4-13(5-7-14)11-21-12-15(10-16(18)20-2)22-9-3-8-17/h4-7,10,17H,3,8-9,11-12H2,1-2H3/b15-10-. The molecule has 0 atom stereocenters. The van der Waals surface area contributed by atoms with Crippen LogP contribution in [-0.2, 0) is 25.6 Å². The van der Waals surface area contributed by atoms with Gasteiger partial charge in [0.15, 0.2) is 0 Å². The molecule has 22 heavy (non-hydrogen) atoms. The minimum Gasteiger partial charge on any atom is -0.497 e. The lowest BCUT2D eigenvalue weighted by Gasteiger charge is -2.11. The number of aliphatic hydroxyl groups is 1. The summed E-state index contributed by atoms with van der Waals surface area (Å²) in [5.74, 6) is 0.642. The second-order valence-electron chi connectivity index (χ2n) is 4.40. The molecule has 0 heterocycles. The van der Waals surface area contributed by atoms with Crippen molar-refractivity contribution in [2.24, 2.45) is 0 Å². The zero-order valence-corrected chi connectivity index (χ0v) is 12.9. The average Bonchev–Trinajstić information content (AvgIpc) is 2.55. The maximum absolute atomic E-state index is 11.3. The lowest BCUT2D eigenvalue weighted by Crippen LogP contribution is -2.08. The Morgan fingerprint density at radius 1 is 1.23 bits per heavy atom. The molecule has 0 spiro atoms. The van der Waals surface area contributed by atoms with Crippen molar-refractivity contribution in [2.75, 3.05) is 34.0 Å². The van der Waals surface area contributed by atoms with Crippen LogP contribution in [0.3, 0.4) is 0 Å². The fraction of sp³-hybridized carbons (Fsp3) is 0.438. The predicted octanol–water partition coefficient (Wildman–Crippen LogP) is 1.67. The molecular weight excluding hydrogens is 288 g/mol. The van der Waals surface area contributed by atoms with E-state index in [2.05, 4.69) is 4.74 Å². The minimum absolute atomic E-state index is 0.0260. The smallest absolute Gasteiger partial charge is 0.333 e. The van der Waals surface area contributed by atoms with Crippen LogP contribution in [0.1, 0.15) is 12.0 Å². The van der Waals surface area contributed by atoms with E-state index < -0.39 is 5.97 Å². The van der Waals surface area contributed by atoms with Crippen molar-refractivity contribution >= 4 is 5.97 Å². The topological polar surface area (TPSA) is 74.2 Å². The summed E-state index contributed by atoms with van der Waals surface area (Å²) in [7, 11) is 2.90. The molecule has 0 radical (unpaired) electrons. The van der Waals surface area contributed by atoms with Gasteiger partial charge in [-0.2, -0.15) is 0 Å². The van der Waals surface area contributed by atoms with Gasteiger partial charge in [-0.3, -0.25) is 0 Å². The molecule has 0 unspecified atom stereocenters. The van der Waals surface area contributed by atoms with E-state index in [1.165, 1.54) is 13.2 Å². The first-order chi connectivity index (χ1) is 10.7. The molecule has 122 valence electrons. The van der Waals surface area contributed by atoms with Crippen LogP contribution in [0.2, 0.25) is 0 Å². The highest BCUT2D eigenvalue weighted by molar-refractivity contribution is 5.82. The first kappa shape index (κ1) is 18.0. The quantitative estimate of drug-likeness (QED) is 0.307. The number of benzene rings is 1. The summed E-state index contributed by atoms with van der Waals surface area (Å²) in [6, 6.07) is 7.49. The summed E-state index contributed by atoms with van der Waals surface area (Å²) in [4.78, 5) is 11.3. The average molecular weight is 310 g/mol. The Balaban J connectivity index is 2.47. The third-order valence-corrected chi connectivity index (χ3v) is 2.74. The Labute approximate surface area is 130 Å². The molecule has 0 bridgehead atoms. The highest BCUT2D eigenvalue weighted by Gasteiger charge is 2.05. The van der Waals surface area contributed by atoms with Gasteiger partial charge < -0.3 is 24.1 Å². The van der Waals surface area contributed by atoms with Gasteiger partial charge in [0.05, 0.1) is 33.5 Å². The molecule has 6 heteroatoms. The molecule has 0 saturated carbocycles. The van der Waals surface area contributed by atoms with Gasteiger partial charge in [0.25, 0.3) is 0 Å². The first-order valence-corrected chi connectivity index (χ1v) is 6.92. The van der Waals surface area contributed by atoms with Crippen LogP contribution < -0.4 is 4.74 Å². The second-order valence-corrected chi connectivity index (χ2v) is 4.40. The third-order valence-electron chi connectivity index (χ3n) is 2.74. The number of esters is 1. The number of methoxy groups -OCH3 is 2. The van der Waals surface area contributed by atoms with Crippen LogP contribution in [-0.4, -0.2) is 45.1 Å². The van der Waals surface area contributed by atoms with Gasteiger partial charge in [-0.25, -0.2) is 4.79 Å². The van der Waals surface area contributed by atoms with Gasteiger partial charge in [0.1, 0.15) is 18.1 Å². The molecule has 1 aromatic carbocycles. The molecule has 0 aromatic heterocycles. The number of ether oxygens (including phenoxy) is 4. The molecule has 0 amide bonds. The summed E-state index contributed by atoms with van der Waals surface area (Å²) in [5.41, 5.74) is 0.980. The Morgan fingerprint density at radius 2 is 1.95 bits per heavy atom. The molecule has 1 aromatic rings. The number of aliphatic hydroxyl groups excluding tert-OH is 1. The molecule has 0 fully saturated rings. The van der Waals surface area contributed by atoms with Crippen molar-refractivity contribution in [3.8, 4) is 5.75 Å². The largest absolute Gasteiger partial charge is 0.497 e. The zero-order valence-electron chi connectivity index (χ0n) is 12.9. The highest BCUT2D eigenvalue weighted by Crippen LogP contribution is 2.12. The summed E-state index contributed by atoms with van der Waals surface area (Å²) in [5, 5.41) is 8.74. The highest BCUT2D eigenvalue weighted by atomic mass is 16.5. The van der Waals surface area contributed by atoms with E-state index >= 15 is 0 Å². The van der Waals surface area contributed by atoms with Gasteiger partial charge in [-0.1, -0.05) is 12.1 Å². The van der Waals surface area contributed by atoms with Crippen molar-refractivity contribution in [2.45, 2.75) is 13.0 Å². The Bertz CT molecular complexity index is 466. The minimum atomic E-state index is -0.507. The molecule has 0 aliphatic carbocycles. The van der Waals surface area contributed by atoms with Crippen LogP contribution in [0.25, 0.3) is 0 Å². The van der Waals surface area contributed by atoms with Gasteiger partial charge in [0, 0.05) is 13.0 Å². The SMILES string of the molecule is COC(=O)/C=C(/COCc1ccc(OC)cc1)OCCCO. The molecular formula is C16H22O6. The molecule has 1 N–H and O–H groups in total. The summed E-state index contributed by atoms with van der Waals surface area (Å²) >= 11 is 0. The van der Waals surface area contributed by atoms with Crippen LogP contribution >= 0.6 is 0 Å². The fourth-order valence-corrected chi connectivity index (χ4v) is 1.57. The fourth-order valence-electron chi connectivity index (χ4n) is 1.57. The maximum Gasteiger partial charge on any atom is 0.333 e. The molecule has 0 aliphatic heterocycles. The van der Waals surface area contributed by atoms with Crippen LogP contribution in [0.15, 0.2) is 36.1 Å². The Morgan fingerprint density at radius 3 is 2.55 bits per heavy atom. The van der Waals surface area contributed by atoms with Crippen LogP contribution in [0, 0.1) is 0 Å². The number of carbonyl (C=O) groups is 1. The van der Waals surface area contributed by atoms with Crippen molar-refractivity contribution in [3.05, 3.63) is 41.7 Å². The van der Waals surface area contributed by atoms with E-state index in [-0.39, 0.29) is 13.2 Å². The van der Waals surface area contributed by atoms with Crippen LogP contribution in [0.4, 0.5) is 0 Å². The maximum atomic E-state index is 11.3. The third kappa shape index (κ3) is 7.10.